The number of nitriles is 1. The summed E-state index contributed by atoms with van der Waals surface area (Å²) in [5.41, 5.74) is 0.417. The molecule has 0 aromatic carbocycles. The summed E-state index contributed by atoms with van der Waals surface area (Å²) in [6, 6.07) is 3.60. The van der Waals surface area contributed by atoms with E-state index in [4.69, 9.17) is 5.26 Å². The summed E-state index contributed by atoms with van der Waals surface area (Å²) < 4.78 is 0. The van der Waals surface area contributed by atoms with Gasteiger partial charge in [0, 0.05) is 13.6 Å². The summed E-state index contributed by atoms with van der Waals surface area (Å²) in [5.74, 6) is 0.312. The van der Waals surface area contributed by atoms with Crippen LogP contribution in [0.5, 0.6) is 0 Å². The molecule has 1 aromatic heterocycles. The first-order valence-corrected chi connectivity index (χ1v) is 4.90. The van der Waals surface area contributed by atoms with Gasteiger partial charge in [-0.2, -0.15) is 10.4 Å². The zero-order valence-electron chi connectivity index (χ0n) is 9.27. The van der Waals surface area contributed by atoms with Crippen molar-refractivity contribution >= 4 is 11.7 Å². The first-order valence-electron chi connectivity index (χ1n) is 4.90. The van der Waals surface area contributed by atoms with Crippen LogP contribution in [-0.4, -0.2) is 36.2 Å². The highest BCUT2D eigenvalue weighted by Gasteiger charge is 2.14. The Morgan fingerprint density at radius 2 is 2.44 bits per heavy atom. The normalized spacial score (nSPS) is 9.31. The molecule has 1 aromatic rings. The number of nitrogens with zero attached hydrogens (tertiary/aromatic N) is 4. The SMILES string of the molecule is CCN(CC(=O)NC)c1nnccc1C#N. The Hall–Kier alpha value is -2.16. The number of hydrogen-bond acceptors (Lipinski definition) is 5. The van der Waals surface area contributed by atoms with E-state index in [0.29, 0.717) is 17.9 Å². The van der Waals surface area contributed by atoms with Gasteiger partial charge in [-0.3, -0.25) is 4.79 Å². The number of anilines is 1. The molecule has 0 bridgehead atoms. The van der Waals surface area contributed by atoms with Gasteiger partial charge in [0.2, 0.25) is 5.91 Å². The molecule has 1 N–H and O–H groups in total. The maximum absolute atomic E-state index is 11.3. The smallest absolute Gasteiger partial charge is 0.239 e. The van der Waals surface area contributed by atoms with Crippen LogP contribution in [0.15, 0.2) is 12.3 Å². The largest absolute Gasteiger partial charge is 0.358 e. The molecule has 0 atom stereocenters. The van der Waals surface area contributed by atoms with E-state index in [1.807, 2.05) is 13.0 Å². The molecule has 0 unspecified atom stereocenters. The first kappa shape index (κ1) is 11.9. The van der Waals surface area contributed by atoms with Crippen molar-refractivity contribution in [3.8, 4) is 6.07 Å². The van der Waals surface area contributed by atoms with Gasteiger partial charge in [0.05, 0.1) is 18.3 Å². The van der Waals surface area contributed by atoms with Crippen LogP contribution in [0.3, 0.4) is 0 Å². The molecule has 0 saturated heterocycles. The average Bonchev–Trinajstić information content (AvgIpc) is 2.35. The van der Waals surface area contributed by atoms with Crippen molar-refractivity contribution in [3.63, 3.8) is 0 Å². The molecule has 6 heteroatoms. The molecule has 1 rings (SSSR count). The number of carbonyl (C=O) groups is 1. The van der Waals surface area contributed by atoms with Crippen LogP contribution >= 0.6 is 0 Å². The summed E-state index contributed by atoms with van der Waals surface area (Å²) in [6.45, 7) is 2.64. The number of amides is 1. The fraction of sp³-hybridized carbons (Fsp3) is 0.400. The average molecular weight is 219 g/mol. The molecule has 1 amide bonds. The molecular formula is C10H13N5O. The van der Waals surface area contributed by atoms with Crippen molar-refractivity contribution in [1.29, 1.82) is 5.26 Å². The van der Waals surface area contributed by atoms with Gasteiger partial charge >= 0.3 is 0 Å². The minimum absolute atomic E-state index is 0.128. The number of hydrogen-bond donors (Lipinski definition) is 1. The lowest BCUT2D eigenvalue weighted by Gasteiger charge is -2.20. The van der Waals surface area contributed by atoms with Crippen molar-refractivity contribution in [2.45, 2.75) is 6.92 Å². The summed E-state index contributed by atoms with van der Waals surface area (Å²) in [5, 5.41) is 19.0. The molecular weight excluding hydrogens is 206 g/mol. The van der Waals surface area contributed by atoms with Crippen LogP contribution in [0.1, 0.15) is 12.5 Å². The molecule has 0 aliphatic heterocycles. The highest BCUT2D eigenvalue weighted by molar-refractivity contribution is 5.81. The third-order valence-electron chi connectivity index (χ3n) is 2.12. The maximum Gasteiger partial charge on any atom is 0.239 e. The van der Waals surface area contributed by atoms with Gasteiger partial charge in [-0.25, -0.2) is 0 Å². The number of likely N-dealkylation sites (N-methyl/N-ethyl adjacent to an activating group) is 2. The Balaban J connectivity index is 2.95. The summed E-state index contributed by atoms with van der Waals surface area (Å²) in [4.78, 5) is 13.0. The zero-order chi connectivity index (χ0) is 12.0. The highest BCUT2D eigenvalue weighted by atomic mass is 16.1. The molecule has 0 saturated carbocycles. The molecule has 84 valence electrons. The van der Waals surface area contributed by atoms with Crippen molar-refractivity contribution in [3.05, 3.63) is 17.8 Å². The monoisotopic (exact) mass is 219 g/mol. The van der Waals surface area contributed by atoms with Crippen molar-refractivity contribution < 1.29 is 4.79 Å². The Morgan fingerprint density at radius 3 is 3.00 bits per heavy atom. The van der Waals surface area contributed by atoms with E-state index in [2.05, 4.69) is 15.5 Å². The van der Waals surface area contributed by atoms with Crippen molar-refractivity contribution in [2.24, 2.45) is 0 Å². The van der Waals surface area contributed by atoms with E-state index in [9.17, 15) is 4.79 Å². The lowest BCUT2D eigenvalue weighted by molar-refractivity contribution is -0.119. The molecule has 0 spiro atoms. The standard InChI is InChI=1S/C10H13N5O/c1-3-15(7-9(16)12-2)10-8(6-11)4-5-13-14-10/h4-5H,3,7H2,1-2H3,(H,12,16). The van der Waals surface area contributed by atoms with Gasteiger partial charge < -0.3 is 10.2 Å². The Morgan fingerprint density at radius 1 is 1.69 bits per heavy atom. The number of nitrogens with one attached hydrogen (secondary N) is 1. The lowest BCUT2D eigenvalue weighted by atomic mass is 10.3. The van der Waals surface area contributed by atoms with Gasteiger partial charge in [0.1, 0.15) is 6.07 Å². The van der Waals surface area contributed by atoms with Crippen LogP contribution in [0.4, 0.5) is 5.82 Å². The van der Waals surface area contributed by atoms with E-state index in [0.717, 1.165) is 0 Å². The predicted molar refractivity (Wildman–Crippen MR) is 58.7 cm³/mol. The van der Waals surface area contributed by atoms with Gasteiger partial charge in [-0.15, -0.1) is 5.10 Å². The highest BCUT2D eigenvalue weighted by Crippen LogP contribution is 2.14. The van der Waals surface area contributed by atoms with Gasteiger partial charge in [-0.1, -0.05) is 0 Å². The molecule has 0 fully saturated rings. The van der Waals surface area contributed by atoms with E-state index < -0.39 is 0 Å². The predicted octanol–water partition coefficient (Wildman–Crippen LogP) is -0.0794. The van der Waals surface area contributed by atoms with Gasteiger partial charge in [0.25, 0.3) is 0 Å². The van der Waals surface area contributed by atoms with Crippen LogP contribution in [0, 0.1) is 11.3 Å². The van der Waals surface area contributed by atoms with E-state index >= 15 is 0 Å². The fourth-order valence-electron chi connectivity index (χ4n) is 1.23. The van der Waals surface area contributed by atoms with Crippen LogP contribution in [0.2, 0.25) is 0 Å². The quantitative estimate of drug-likeness (QED) is 0.766. The Kier molecular flexibility index (Phi) is 4.21. The Labute approximate surface area is 93.9 Å². The van der Waals surface area contributed by atoms with Crippen molar-refractivity contribution in [2.75, 3.05) is 25.0 Å². The van der Waals surface area contributed by atoms with E-state index in [1.54, 1.807) is 18.0 Å². The van der Waals surface area contributed by atoms with Crippen LogP contribution in [0.25, 0.3) is 0 Å². The molecule has 16 heavy (non-hydrogen) atoms. The van der Waals surface area contributed by atoms with Crippen LogP contribution < -0.4 is 10.2 Å². The molecule has 0 aliphatic carbocycles. The third-order valence-corrected chi connectivity index (χ3v) is 2.12. The second-order valence-electron chi connectivity index (χ2n) is 3.07. The maximum atomic E-state index is 11.3. The number of aromatic nitrogens is 2. The number of rotatable bonds is 4. The molecule has 1 heterocycles. The fourth-order valence-corrected chi connectivity index (χ4v) is 1.23. The minimum Gasteiger partial charge on any atom is -0.358 e. The first-order chi connectivity index (χ1) is 7.72. The third kappa shape index (κ3) is 2.67. The summed E-state index contributed by atoms with van der Waals surface area (Å²) >= 11 is 0. The second kappa shape index (κ2) is 5.66. The summed E-state index contributed by atoms with van der Waals surface area (Å²) in [6.07, 6.45) is 1.45. The van der Waals surface area contributed by atoms with Crippen LogP contribution in [-0.2, 0) is 4.79 Å². The molecule has 0 radical (unpaired) electrons. The minimum atomic E-state index is -0.128. The second-order valence-corrected chi connectivity index (χ2v) is 3.07. The van der Waals surface area contributed by atoms with Gasteiger partial charge in [0.15, 0.2) is 5.82 Å². The zero-order valence-corrected chi connectivity index (χ0v) is 9.27. The van der Waals surface area contributed by atoms with E-state index in [1.165, 1.54) is 6.20 Å². The molecule has 6 nitrogen and oxygen atoms in total. The van der Waals surface area contributed by atoms with E-state index in [-0.39, 0.29) is 12.5 Å². The lowest BCUT2D eigenvalue weighted by Crippen LogP contribution is -2.36. The molecule has 0 aliphatic rings. The summed E-state index contributed by atoms with van der Waals surface area (Å²) in [7, 11) is 1.57. The Bertz CT molecular complexity index is 412. The number of carbonyl (C=O) groups excluding carboxylic acids is 1. The van der Waals surface area contributed by atoms with Gasteiger partial charge in [-0.05, 0) is 13.0 Å². The van der Waals surface area contributed by atoms with Crippen molar-refractivity contribution in [1.82, 2.24) is 15.5 Å². The topological polar surface area (TPSA) is 81.9 Å².